The van der Waals surface area contributed by atoms with Crippen molar-refractivity contribution in [2.75, 3.05) is 11.9 Å². The van der Waals surface area contributed by atoms with E-state index in [-0.39, 0.29) is 5.41 Å². The van der Waals surface area contributed by atoms with E-state index in [1.165, 1.54) is 22.4 Å². The second kappa shape index (κ2) is 5.10. The molecule has 4 heteroatoms. The molecule has 2 aromatic carbocycles. The van der Waals surface area contributed by atoms with Crippen LogP contribution in [0.2, 0.25) is 0 Å². The van der Waals surface area contributed by atoms with Gasteiger partial charge >= 0.3 is 0 Å². The Labute approximate surface area is 159 Å². The Bertz CT molecular complexity index is 1130. The molecule has 27 heavy (non-hydrogen) atoms. The van der Waals surface area contributed by atoms with Crippen LogP contribution in [0.1, 0.15) is 30.5 Å². The van der Waals surface area contributed by atoms with Crippen LogP contribution in [0, 0.1) is 13.8 Å². The lowest BCUT2D eigenvalue weighted by Gasteiger charge is -2.44. The van der Waals surface area contributed by atoms with E-state index in [2.05, 4.69) is 56.8 Å². The first-order chi connectivity index (χ1) is 12.8. The van der Waals surface area contributed by atoms with Crippen molar-refractivity contribution in [1.82, 2.24) is 4.98 Å². The number of rotatable bonds is 0. The monoisotopic (exact) mass is 357 g/mol. The molecule has 0 amide bonds. The summed E-state index contributed by atoms with van der Waals surface area (Å²) in [6, 6.07) is 12.5. The number of fused-ring (bicyclic) bond motifs is 4. The minimum absolute atomic E-state index is 0.249. The first-order valence-electron chi connectivity index (χ1n) is 9.33. The summed E-state index contributed by atoms with van der Waals surface area (Å²) in [5.41, 5.74) is 5.99. The molecule has 1 atom stereocenters. The van der Waals surface area contributed by atoms with E-state index < -0.39 is 5.72 Å². The highest BCUT2D eigenvalue weighted by atomic mass is 16.5. The summed E-state index contributed by atoms with van der Waals surface area (Å²) in [4.78, 5) is 11.6. The molecule has 0 saturated carbocycles. The van der Waals surface area contributed by atoms with Crippen LogP contribution in [-0.2, 0) is 5.41 Å². The van der Waals surface area contributed by atoms with E-state index in [1.807, 2.05) is 30.5 Å². The first-order valence-corrected chi connectivity index (χ1v) is 9.33. The number of benzene rings is 2. The Morgan fingerprint density at radius 1 is 1.04 bits per heavy atom. The molecule has 3 heterocycles. The molecule has 2 aliphatic rings. The summed E-state index contributed by atoms with van der Waals surface area (Å²) in [5, 5.41) is 1.02. The van der Waals surface area contributed by atoms with Crippen LogP contribution in [0.3, 0.4) is 0 Å². The van der Waals surface area contributed by atoms with E-state index in [9.17, 15) is 0 Å². The van der Waals surface area contributed by atoms with Crippen LogP contribution in [0.25, 0.3) is 10.9 Å². The fourth-order valence-electron chi connectivity index (χ4n) is 4.49. The van der Waals surface area contributed by atoms with Crippen LogP contribution in [0.15, 0.2) is 47.6 Å². The van der Waals surface area contributed by atoms with Gasteiger partial charge in [-0.2, -0.15) is 0 Å². The van der Waals surface area contributed by atoms with Gasteiger partial charge in [-0.15, -0.1) is 0 Å². The molecule has 0 fully saturated rings. The molecule has 3 aromatic rings. The highest BCUT2D eigenvalue weighted by molar-refractivity contribution is 5.98. The smallest absolute Gasteiger partial charge is 0.228 e. The number of likely N-dealkylation sites (N-methyl/N-ethyl adjacent to an activating group) is 1. The lowest BCUT2D eigenvalue weighted by Crippen LogP contribution is -2.61. The topological polar surface area (TPSA) is 37.7 Å². The Balaban J connectivity index is 1.71. The van der Waals surface area contributed by atoms with Crippen molar-refractivity contribution >= 4 is 28.5 Å². The summed E-state index contributed by atoms with van der Waals surface area (Å²) in [5.74, 6) is 0.805. The molecule has 4 nitrogen and oxygen atoms in total. The zero-order chi connectivity index (χ0) is 19.0. The number of aryl methyl sites for hydroxylation is 2. The fraction of sp³-hybridized carbons (Fsp3) is 0.304. The number of hydrogen-bond acceptors (Lipinski definition) is 4. The second-order valence-electron chi connectivity index (χ2n) is 8.18. The summed E-state index contributed by atoms with van der Waals surface area (Å²) in [7, 11) is 2.10. The van der Waals surface area contributed by atoms with Crippen LogP contribution in [0.4, 0.5) is 11.4 Å². The molecule has 136 valence electrons. The zero-order valence-electron chi connectivity index (χ0n) is 16.4. The standard InChI is InChI=1S/C23H23N3O/c1-14-11-17-19(12-15(14)2)26(5)23(22(17,3)4)13-25-21-16-7-6-10-24-18(16)8-9-20(21)27-23/h6-13H,1-5H3. The van der Waals surface area contributed by atoms with Gasteiger partial charge in [-0.05, 0) is 74.7 Å². The van der Waals surface area contributed by atoms with Crippen molar-refractivity contribution in [2.45, 2.75) is 38.8 Å². The number of aliphatic imine (C=N–C) groups is 1. The van der Waals surface area contributed by atoms with Crippen molar-refractivity contribution in [2.24, 2.45) is 4.99 Å². The van der Waals surface area contributed by atoms with E-state index in [4.69, 9.17) is 9.73 Å². The molecule has 0 saturated heterocycles. The van der Waals surface area contributed by atoms with Gasteiger partial charge in [0.2, 0.25) is 5.72 Å². The lowest BCUT2D eigenvalue weighted by molar-refractivity contribution is 0.0826. The molecule has 0 bridgehead atoms. The first kappa shape index (κ1) is 16.3. The van der Waals surface area contributed by atoms with Crippen LogP contribution < -0.4 is 9.64 Å². The van der Waals surface area contributed by atoms with Crippen LogP contribution in [0.5, 0.6) is 5.75 Å². The highest BCUT2D eigenvalue weighted by Gasteiger charge is 2.58. The van der Waals surface area contributed by atoms with E-state index in [1.54, 1.807) is 6.20 Å². The van der Waals surface area contributed by atoms with Crippen LogP contribution in [-0.4, -0.2) is 24.0 Å². The predicted molar refractivity (Wildman–Crippen MR) is 111 cm³/mol. The third-order valence-corrected chi connectivity index (χ3v) is 6.39. The van der Waals surface area contributed by atoms with Crippen molar-refractivity contribution in [1.29, 1.82) is 0 Å². The summed E-state index contributed by atoms with van der Waals surface area (Å²) in [6.07, 6.45) is 3.78. The third kappa shape index (κ3) is 1.93. The minimum atomic E-state index is -0.654. The number of hydrogen-bond donors (Lipinski definition) is 0. The molecule has 1 aromatic heterocycles. The SMILES string of the molecule is Cc1cc2c(cc1C)C(C)(C)C1(C=Nc3c(ccc4ncccc34)O1)N2C. The van der Waals surface area contributed by atoms with E-state index in [0.717, 1.165) is 22.3 Å². The van der Waals surface area contributed by atoms with Crippen molar-refractivity contribution in [3.8, 4) is 5.75 Å². The van der Waals surface area contributed by atoms with Gasteiger partial charge in [0.1, 0.15) is 11.4 Å². The Hall–Kier alpha value is -2.88. The zero-order valence-corrected chi connectivity index (χ0v) is 16.4. The third-order valence-electron chi connectivity index (χ3n) is 6.39. The quantitative estimate of drug-likeness (QED) is 0.564. The number of anilines is 1. The molecule has 0 aliphatic carbocycles. The van der Waals surface area contributed by atoms with Gasteiger partial charge < -0.3 is 9.64 Å². The predicted octanol–water partition coefficient (Wildman–Crippen LogP) is 5.07. The largest absolute Gasteiger partial charge is 0.459 e. The molecular weight excluding hydrogens is 334 g/mol. The van der Waals surface area contributed by atoms with E-state index in [0.29, 0.717) is 0 Å². The number of nitrogens with zero attached hydrogens (tertiary/aromatic N) is 3. The number of ether oxygens (including phenoxy) is 1. The second-order valence-corrected chi connectivity index (χ2v) is 8.18. The van der Waals surface area contributed by atoms with Crippen molar-refractivity contribution in [3.63, 3.8) is 0 Å². The van der Waals surface area contributed by atoms with Gasteiger partial charge in [0, 0.05) is 24.3 Å². The molecule has 1 spiro atoms. The Kier molecular flexibility index (Phi) is 3.08. The lowest BCUT2D eigenvalue weighted by atomic mass is 9.77. The van der Waals surface area contributed by atoms with E-state index >= 15 is 0 Å². The molecular formula is C23H23N3O. The molecule has 5 rings (SSSR count). The highest BCUT2D eigenvalue weighted by Crippen LogP contribution is 2.54. The van der Waals surface area contributed by atoms with Gasteiger partial charge in [0.05, 0.1) is 17.1 Å². The van der Waals surface area contributed by atoms with Crippen LogP contribution >= 0.6 is 0 Å². The summed E-state index contributed by atoms with van der Waals surface area (Å²) < 4.78 is 6.73. The molecule has 0 N–H and O–H groups in total. The van der Waals surface area contributed by atoms with Gasteiger partial charge in [-0.3, -0.25) is 9.98 Å². The maximum absolute atomic E-state index is 6.73. The summed E-state index contributed by atoms with van der Waals surface area (Å²) in [6.45, 7) is 8.81. The van der Waals surface area contributed by atoms with Gasteiger partial charge in [0.25, 0.3) is 0 Å². The van der Waals surface area contributed by atoms with Gasteiger partial charge in [-0.25, -0.2) is 0 Å². The maximum Gasteiger partial charge on any atom is 0.228 e. The van der Waals surface area contributed by atoms with Crippen molar-refractivity contribution < 1.29 is 4.74 Å². The number of pyridine rings is 1. The molecule has 0 radical (unpaired) electrons. The average molecular weight is 357 g/mol. The normalized spacial score (nSPS) is 22.0. The maximum atomic E-state index is 6.73. The molecule has 1 unspecified atom stereocenters. The molecule has 2 aliphatic heterocycles. The number of aromatic nitrogens is 1. The van der Waals surface area contributed by atoms with Gasteiger partial charge in [-0.1, -0.05) is 6.07 Å². The minimum Gasteiger partial charge on any atom is -0.459 e. The Morgan fingerprint density at radius 2 is 1.81 bits per heavy atom. The summed E-state index contributed by atoms with van der Waals surface area (Å²) >= 11 is 0. The Morgan fingerprint density at radius 3 is 2.63 bits per heavy atom. The van der Waals surface area contributed by atoms with Crippen molar-refractivity contribution in [3.05, 3.63) is 59.3 Å². The van der Waals surface area contributed by atoms with Gasteiger partial charge in [0.15, 0.2) is 0 Å². The average Bonchev–Trinajstić information content (AvgIpc) is 2.81. The fourth-order valence-corrected chi connectivity index (χ4v) is 4.49.